The van der Waals surface area contributed by atoms with Gasteiger partial charge in [-0.1, -0.05) is 13.0 Å². The van der Waals surface area contributed by atoms with Gasteiger partial charge in [0.05, 0.1) is 15.2 Å². The van der Waals surface area contributed by atoms with Crippen LogP contribution < -0.4 is 5.73 Å². The highest BCUT2D eigenvalue weighted by Gasteiger charge is 2.26. The number of fused-ring (bicyclic) bond motifs is 1. The Bertz CT molecular complexity index is 514. The zero-order chi connectivity index (χ0) is 11.1. The van der Waals surface area contributed by atoms with Crippen molar-refractivity contribution in [3.05, 3.63) is 28.8 Å². The second-order valence-corrected chi connectivity index (χ2v) is 5.75. The highest BCUT2D eigenvalue weighted by Crippen LogP contribution is 2.43. The molecule has 0 amide bonds. The van der Waals surface area contributed by atoms with Crippen LogP contribution in [-0.2, 0) is 0 Å². The van der Waals surface area contributed by atoms with Crippen molar-refractivity contribution in [2.45, 2.75) is 31.6 Å². The average Bonchev–Trinajstić information content (AvgIpc) is 3.07. The van der Waals surface area contributed by atoms with Crippen molar-refractivity contribution in [1.29, 1.82) is 0 Å². The molecule has 2 aromatic rings. The van der Waals surface area contributed by atoms with Crippen LogP contribution >= 0.6 is 11.3 Å². The van der Waals surface area contributed by atoms with E-state index in [1.165, 1.54) is 28.1 Å². The van der Waals surface area contributed by atoms with Gasteiger partial charge in [-0.05, 0) is 43.0 Å². The maximum Gasteiger partial charge on any atom is 0.0969 e. The summed E-state index contributed by atoms with van der Waals surface area (Å²) in [6, 6.07) is 6.59. The first kappa shape index (κ1) is 10.2. The van der Waals surface area contributed by atoms with Gasteiger partial charge in [-0.15, -0.1) is 11.3 Å². The van der Waals surface area contributed by atoms with E-state index in [-0.39, 0.29) is 0 Å². The summed E-state index contributed by atoms with van der Waals surface area (Å²) in [5.41, 5.74) is 8.16. The van der Waals surface area contributed by atoms with Crippen molar-refractivity contribution in [3.63, 3.8) is 0 Å². The molecular weight excluding hydrogens is 216 g/mol. The predicted molar refractivity (Wildman–Crippen MR) is 69.1 cm³/mol. The smallest absolute Gasteiger partial charge is 0.0969 e. The number of thiazole rings is 1. The number of benzene rings is 1. The summed E-state index contributed by atoms with van der Waals surface area (Å²) in [7, 11) is 0. The molecule has 0 aliphatic heterocycles. The molecule has 1 aliphatic carbocycles. The number of hydrogen-bond donors (Lipinski definition) is 1. The van der Waals surface area contributed by atoms with E-state index in [1.807, 2.05) is 11.3 Å². The molecule has 0 spiro atoms. The first-order valence-corrected chi connectivity index (χ1v) is 6.70. The Morgan fingerprint density at radius 2 is 2.31 bits per heavy atom. The van der Waals surface area contributed by atoms with E-state index in [2.05, 4.69) is 25.1 Å². The number of nitrogens with two attached hydrogens (primary N) is 1. The molecule has 0 saturated heterocycles. The fourth-order valence-electron chi connectivity index (χ4n) is 1.91. The zero-order valence-corrected chi connectivity index (χ0v) is 10.3. The van der Waals surface area contributed by atoms with E-state index in [0.717, 1.165) is 11.4 Å². The Kier molecular flexibility index (Phi) is 2.45. The number of hydrogen-bond acceptors (Lipinski definition) is 3. The summed E-state index contributed by atoms with van der Waals surface area (Å²) in [5.74, 6) is 1.18. The van der Waals surface area contributed by atoms with Crippen LogP contribution in [-0.4, -0.2) is 11.5 Å². The Morgan fingerprint density at radius 1 is 1.50 bits per heavy atom. The van der Waals surface area contributed by atoms with Gasteiger partial charge in [0.25, 0.3) is 0 Å². The fraction of sp³-hybridized carbons (Fsp3) is 0.462. The van der Waals surface area contributed by atoms with Crippen LogP contribution in [0.2, 0.25) is 0 Å². The summed E-state index contributed by atoms with van der Waals surface area (Å²) in [4.78, 5) is 4.73. The SMILES string of the molecule is CC(CN)c1ccc2sc(C3CC3)nc2c1. The topological polar surface area (TPSA) is 38.9 Å². The van der Waals surface area contributed by atoms with E-state index in [0.29, 0.717) is 12.5 Å². The maximum absolute atomic E-state index is 5.69. The van der Waals surface area contributed by atoms with Gasteiger partial charge in [-0.25, -0.2) is 4.98 Å². The van der Waals surface area contributed by atoms with Gasteiger partial charge in [-0.3, -0.25) is 0 Å². The van der Waals surface area contributed by atoms with E-state index < -0.39 is 0 Å². The van der Waals surface area contributed by atoms with Gasteiger partial charge in [-0.2, -0.15) is 0 Å². The third kappa shape index (κ3) is 1.74. The minimum absolute atomic E-state index is 0.426. The Morgan fingerprint density at radius 3 is 3.00 bits per heavy atom. The number of aromatic nitrogens is 1. The number of rotatable bonds is 3. The fourth-order valence-corrected chi connectivity index (χ4v) is 3.03. The van der Waals surface area contributed by atoms with Crippen LogP contribution in [0.3, 0.4) is 0 Å². The zero-order valence-electron chi connectivity index (χ0n) is 9.44. The van der Waals surface area contributed by atoms with E-state index in [1.54, 1.807) is 0 Å². The molecular formula is C13H16N2S. The van der Waals surface area contributed by atoms with Crippen molar-refractivity contribution >= 4 is 21.6 Å². The van der Waals surface area contributed by atoms with Crippen LogP contribution in [0.1, 0.15) is 42.2 Å². The van der Waals surface area contributed by atoms with Gasteiger partial charge < -0.3 is 5.73 Å². The Balaban J connectivity index is 2.02. The third-order valence-corrected chi connectivity index (χ3v) is 4.48. The minimum atomic E-state index is 0.426. The van der Waals surface area contributed by atoms with Crippen LogP contribution in [0.15, 0.2) is 18.2 Å². The Labute approximate surface area is 99.5 Å². The Hall–Kier alpha value is -0.930. The van der Waals surface area contributed by atoms with Crippen molar-refractivity contribution in [2.24, 2.45) is 5.73 Å². The minimum Gasteiger partial charge on any atom is -0.330 e. The molecule has 1 heterocycles. The highest BCUT2D eigenvalue weighted by molar-refractivity contribution is 7.18. The number of nitrogens with zero attached hydrogens (tertiary/aromatic N) is 1. The van der Waals surface area contributed by atoms with Crippen LogP contribution in [0.25, 0.3) is 10.2 Å². The van der Waals surface area contributed by atoms with Gasteiger partial charge in [0, 0.05) is 5.92 Å². The quantitative estimate of drug-likeness (QED) is 0.882. The molecule has 1 atom stereocenters. The van der Waals surface area contributed by atoms with Gasteiger partial charge in [0.2, 0.25) is 0 Å². The van der Waals surface area contributed by atoms with Crippen molar-refractivity contribution in [3.8, 4) is 0 Å². The molecule has 1 unspecified atom stereocenters. The van der Waals surface area contributed by atoms with Crippen LogP contribution in [0.4, 0.5) is 0 Å². The van der Waals surface area contributed by atoms with E-state index in [9.17, 15) is 0 Å². The molecule has 16 heavy (non-hydrogen) atoms. The molecule has 1 aliphatic rings. The predicted octanol–water partition coefficient (Wildman–Crippen LogP) is 3.24. The average molecular weight is 232 g/mol. The van der Waals surface area contributed by atoms with Crippen molar-refractivity contribution < 1.29 is 0 Å². The third-order valence-electron chi connectivity index (χ3n) is 3.28. The molecule has 2 nitrogen and oxygen atoms in total. The van der Waals surface area contributed by atoms with Crippen molar-refractivity contribution in [1.82, 2.24) is 4.98 Å². The summed E-state index contributed by atoms with van der Waals surface area (Å²) in [6.07, 6.45) is 2.65. The summed E-state index contributed by atoms with van der Waals surface area (Å²) >= 11 is 1.85. The maximum atomic E-state index is 5.69. The van der Waals surface area contributed by atoms with Crippen LogP contribution in [0.5, 0.6) is 0 Å². The van der Waals surface area contributed by atoms with Gasteiger partial charge in [0.15, 0.2) is 0 Å². The second kappa shape index (κ2) is 3.82. The summed E-state index contributed by atoms with van der Waals surface area (Å²) < 4.78 is 1.31. The molecule has 2 N–H and O–H groups in total. The van der Waals surface area contributed by atoms with E-state index >= 15 is 0 Å². The molecule has 0 radical (unpaired) electrons. The summed E-state index contributed by atoms with van der Waals surface area (Å²) in [5, 5.41) is 1.33. The molecule has 1 aromatic heterocycles. The van der Waals surface area contributed by atoms with Gasteiger partial charge >= 0.3 is 0 Å². The lowest BCUT2D eigenvalue weighted by atomic mass is 10.0. The largest absolute Gasteiger partial charge is 0.330 e. The molecule has 1 aromatic carbocycles. The molecule has 1 fully saturated rings. The lowest BCUT2D eigenvalue weighted by molar-refractivity contribution is 0.775. The van der Waals surface area contributed by atoms with Crippen LogP contribution in [0, 0.1) is 0 Å². The molecule has 0 bridgehead atoms. The van der Waals surface area contributed by atoms with Crippen molar-refractivity contribution in [2.75, 3.05) is 6.54 Å². The molecule has 3 rings (SSSR count). The first-order chi connectivity index (χ1) is 7.78. The second-order valence-electron chi connectivity index (χ2n) is 4.69. The van der Waals surface area contributed by atoms with Gasteiger partial charge in [0.1, 0.15) is 0 Å². The first-order valence-electron chi connectivity index (χ1n) is 5.88. The normalized spacial score (nSPS) is 17.9. The standard InChI is InChI=1S/C13H16N2S/c1-8(7-14)10-4-5-12-11(6-10)15-13(16-12)9-2-3-9/h4-6,8-9H,2-3,7,14H2,1H3. The highest BCUT2D eigenvalue weighted by atomic mass is 32.1. The lowest BCUT2D eigenvalue weighted by Crippen LogP contribution is -2.08. The molecule has 1 saturated carbocycles. The van der Waals surface area contributed by atoms with E-state index in [4.69, 9.17) is 10.7 Å². The molecule has 3 heteroatoms. The molecule has 84 valence electrons. The lowest BCUT2D eigenvalue weighted by Gasteiger charge is -2.07. The summed E-state index contributed by atoms with van der Waals surface area (Å²) in [6.45, 7) is 2.86. The monoisotopic (exact) mass is 232 g/mol.